The minimum atomic E-state index is 0. The van der Waals surface area contributed by atoms with Gasteiger partial charge in [0.05, 0.1) is 0 Å². The van der Waals surface area contributed by atoms with E-state index in [2.05, 4.69) is 0 Å². The summed E-state index contributed by atoms with van der Waals surface area (Å²) in [4.78, 5) is 0. The first-order chi connectivity index (χ1) is 1.00. The molecule has 0 bridgehead atoms. The van der Waals surface area contributed by atoms with Crippen LogP contribution in [0.1, 0.15) is 1.43 Å². The second-order valence-electron chi connectivity index (χ2n) is 0. The molecule has 4 heavy (non-hydrogen) atoms. The van der Waals surface area contributed by atoms with Gasteiger partial charge in [-0.05, 0) is 0 Å². The van der Waals surface area contributed by atoms with E-state index in [9.17, 15) is 0 Å². The van der Waals surface area contributed by atoms with Gasteiger partial charge in [0.2, 0.25) is 0 Å². The van der Waals surface area contributed by atoms with E-state index in [1.165, 1.54) is 0 Å². The van der Waals surface area contributed by atoms with Crippen molar-refractivity contribution in [2.24, 2.45) is 0 Å². The van der Waals surface area contributed by atoms with Crippen molar-refractivity contribution in [2.45, 2.75) is 0 Å². The van der Waals surface area contributed by atoms with Gasteiger partial charge in [0, 0.05) is 21.7 Å². The molecular formula is H2AlLiOTi. The summed E-state index contributed by atoms with van der Waals surface area (Å²) in [5.41, 5.74) is 0. The molecule has 0 heterocycles. The van der Waals surface area contributed by atoms with Crippen LogP contribution in [0.25, 0.3) is 0 Å². The van der Waals surface area contributed by atoms with Crippen LogP contribution in [0, 0.1) is 0 Å². The molecule has 0 atom stereocenters. The smallest absolute Gasteiger partial charge is 0 e. The number of rotatable bonds is 0. The Balaban J connectivity index is -0.00000000167. The maximum atomic E-state index is 8.28. The third-order valence-electron chi connectivity index (χ3n) is 0. The molecule has 0 N–H and O–H groups in total. The molecule has 0 radical (unpaired) electrons. The summed E-state index contributed by atoms with van der Waals surface area (Å²) in [7, 11) is 0. The molecule has 1 nitrogen and oxygen atoms in total. The first-order valence-electron chi connectivity index (χ1n) is 0.289. The Hall–Kier alpha value is 1.64. The molecule has 16 valence electrons. The Labute approximate surface area is 61.7 Å². The Morgan fingerprint density at radius 2 is 1.50 bits per heavy atom. The zero-order valence-electron chi connectivity index (χ0n) is 3.62. The van der Waals surface area contributed by atoms with E-state index in [0.29, 0.717) is 16.2 Å². The average Bonchev–Trinajstić information content (AvgIpc) is 1.00. The summed E-state index contributed by atoms with van der Waals surface area (Å²) in [5.74, 6) is 0. The Morgan fingerprint density at radius 3 is 1.50 bits per heavy atom. The predicted molar refractivity (Wildman–Crippen MR) is 8.95 cm³/mol. The first-order valence-corrected chi connectivity index (χ1v) is 0.866. The van der Waals surface area contributed by atoms with Gasteiger partial charge in [-0.3, -0.25) is 0 Å². The van der Waals surface area contributed by atoms with E-state index in [1.807, 2.05) is 0 Å². The van der Waals surface area contributed by atoms with E-state index in [0.717, 1.165) is 0 Å². The average molecular weight is 99.8 g/mol. The summed E-state index contributed by atoms with van der Waals surface area (Å²) < 4.78 is 8.28. The van der Waals surface area contributed by atoms with E-state index in [4.69, 9.17) is 3.80 Å². The quantitative estimate of drug-likeness (QED) is 0.287. The second-order valence-corrected chi connectivity index (χ2v) is 0. The first kappa shape index (κ1) is 17.4. The molecule has 0 saturated carbocycles. The predicted octanol–water partition coefficient (Wildman–Crippen LogP) is -3.65. The zero-order chi connectivity index (χ0) is 2.00. The third kappa shape index (κ3) is 9.43. The van der Waals surface area contributed by atoms with Crippen LogP contribution in [-0.2, 0) is 25.5 Å². The van der Waals surface area contributed by atoms with Gasteiger partial charge in [0.15, 0.2) is 0 Å². The molecule has 0 aromatic rings. The number of hydrogen-bond acceptors (Lipinski definition) is 1. The molecule has 0 rings (SSSR count). The normalized spacial score (nSPS) is 0.750. The standard InChI is InChI=1S/Al.Li.O.Ti.2H/q;+1;;;;-1. The van der Waals surface area contributed by atoms with Crippen LogP contribution >= 0.6 is 0 Å². The molecule has 0 saturated heterocycles. The van der Waals surface area contributed by atoms with Crippen LogP contribution in [0.4, 0.5) is 0 Å². The van der Waals surface area contributed by atoms with Crippen LogP contribution in [0.5, 0.6) is 0 Å². The molecule has 0 unspecified atom stereocenters. The molecule has 0 aromatic heterocycles. The van der Waals surface area contributed by atoms with Crippen molar-refractivity contribution >= 4 is 16.2 Å². The Morgan fingerprint density at radius 1 is 1.50 bits per heavy atom. The van der Waals surface area contributed by atoms with Crippen molar-refractivity contribution in [2.75, 3.05) is 0 Å². The van der Waals surface area contributed by atoms with E-state index >= 15 is 0 Å². The van der Waals surface area contributed by atoms with Gasteiger partial charge in [-0.25, -0.2) is 0 Å². The summed E-state index contributed by atoms with van der Waals surface area (Å²) in [6.07, 6.45) is 0. The molecule has 0 spiro atoms. The van der Waals surface area contributed by atoms with Crippen molar-refractivity contribution in [3.05, 3.63) is 0 Å². The minimum Gasteiger partial charge on any atom is 0 e. The molecule has 0 aromatic carbocycles. The van der Waals surface area contributed by atoms with Gasteiger partial charge in [0.1, 0.15) is 0 Å². The van der Waals surface area contributed by atoms with Crippen LogP contribution in [0.15, 0.2) is 0 Å². The van der Waals surface area contributed by atoms with Crippen molar-refractivity contribution in [1.29, 1.82) is 0 Å². The SMILES string of the molecule is [H-].[Li+].[O]=[AlH].[Ti]. The second kappa shape index (κ2) is 22.8. The maximum Gasteiger partial charge on any atom is 0 e. The summed E-state index contributed by atoms with van der Waals surface area (Å²) >= 11 is 0.611. The summed E-state index contributed by atoms with van der Waals surface area (Å²) in [6, 6.07) is 0. The molecule has 0 aliphatic carbocycles. The molecule has 0 amide bonds. The maximum absolute atomic E-state index is 8.28. The van der Waals surface area contributed by atoms with Crippen LogP contribution < -0.4 is 18.9 Å². The largest absolute Gasteiger partial charge is 0 e. The molecule has 0 aliphatic rings. The molecule has 0 aliphatic heterocycles. The van der Waals surface area contributed by atoms with Gasteiger partial charge in [-0.1, -0.05) is 0 Å². The fraction of sp³-hybridized carbons (Fsp3) is 0. The molecular weight excluding hydrogens is 97.8 g/mol. The molecule has 0 fully saturated rings. The topological polar surface area (TPSA) is 17.1 Å². The fourth-order valence-electron chi connectivity index (χ4n) is 0. The van der Waals surface area contributed by atoms with E-state index in [1.54, 1.807) is 0 Å². The fourth-order valence-corrected chi connectivity index (χ4v) is 0. The van der Waals surface area contributed by atoms with Crippen molar-refractivity contribution in [3.63, 3.8) is 0 Å². The van der Waals surface area contributed by atoms with Crippen LogP contribution in [0.2, 0.25) is 0 Å². The third-order valence-corrected chi connectivity index (χ3v) is 0. The Bertz CT molecular complexity index is 11.6. The van der Waals surface area contributed by atoms with Crippen molar-refractivity contribution in [1.82, 2.24) is 0 Å². The minimum absolute atomic E-state index is 0. The van der Waals surface area contributed by atoms with Gasteiger partial charge in [0.25, 0.3) is 0 Å². The number of hydrogen-bond donors (Lipinski definition) is 0. The van der Waals surface area contributed by atoms with Gasteiger partial charge in [-0.2, -0.15) is 0 Å². The van der Waals surface area contributed by atoms with Crippen LogP contribution in [0.3, 0.4) is 0 Å². The van der Waals surface area contributed by atoms with Gasteiger partial charge >= 0.3 is 38.9 Å². The summed E-state index contributed by atoms with van der Waals surface area (Å²) in [5, 5.41) is 0. The van der Waals surface area contributed by atoms with Crippen molar-refractivity contribution in [3.8, 4) is 0 Å². The van der Waals surface area contributed by atoms with Gasteiger partial charge in [-0.15, -0.1) is 0 Å². The Kier molecular flexibility index (Phi) is 99.3. The van der Waals surface area contributed by atoms with Gasteiger partial charge < -0.3 is 1.43 Å². The van der Waals surface area contributed by atoms with E-state index in [-0.39, 0.29) is 42.0 Å². The van der Waals surface area contributed by atoms with E-state index < -0.39 is 0 Å². The monoisotopic (exact) mass is 100.0 g/mol. The summed E-state index contributed by atoms with van der Waals surface area (Å²) in [6.45, 7) is 0. The zero-order valence-corrected chi connectivity index (χ0v) is 5.59. The van der Waals surface area contributed by atoms with Crippen LogP contribution in [-0.4, -0.2) is 16.2 Å². The molecule has 4 heteroatoms. The van der Waals surface area contributed by atoms with Crippen molar-refractivity contribution < 1.29 is 45.8 Å².